The van der Waals surface area contributed by atoms with Gasteiger partial charge in [0, 0.05) is 0 Å². The predicted molar refractivity (Wildman–Crippen MR) is 95.6 cm³/mol. The molecule has 1 heterocycles. The quantitative estimate of drug-likeness (QED) is 0.607. The van der Waals surface area contributed by atoms with Gasteiger partial charge < -0.3 is 11.1 Å². The molecule has 0 saturated heterocycles. The van der Waals surface area contributed by atoms with E-state index in [1.165, 1.54) is 28.7 Å². The zero-order chi connectivity index (χ0) is 17.4. The Morgan fingerprint density at radius 3 is 2.65 bits per heavy atom. The molecule has 2 rings (SSSR count). The van der Waals surface area contributed by atoms with Gasteiger partial charge in [-0.2, -0.15) is 0 Å². The molecule has 0 radical (unpaired) electrons. The second kappa shape index (κ2) is 6.65. The molecule has 126 valence electrons. The summed E-state index contributed by atoms with van der Waals surface area (Å²) >= 11 is 2.74. The van der Waals surface area contributed by atoms with E-state index < -0.39 is 0 Å². The molecule has 1 aliphatic rings. The maximum Gasteiger partial charge on any atom is 0.230 e. The number of hydrogen-bond donors (Lipinski definition) is 2. The Labute approximate surface area is 145 Å². The minimum atomic E-state index is -0.363. The Hall–Kier alpha value is -1.34. The van der Waals surface area contributed by atoms with Crippen LogP contribution in [0.1, 0.15) is 33.4 Å². The van der Waals surface area contributed by atoms with E-state index in [2.05, 4.69) is 44.1 Å². The second-order valence-corrected chi connectivity index (χ2v) is 8.95. The molecule has 1 aromatic rings. The van der Waals surface area contributed by atoms with Gasteiger partial charge in [0.05, 0.1) is 21.6 Å². The minimum absolute atomic E-state index is 0.0118. The molecule has 2 amide bonds. The van der Waals surface area contributed by atoms with E-state index in [4.69, 9.17) is 5.73 Å². The molecule has 2 atom stereocenters. The lowest BCUT2D eigenvalue weighted by atomic mass is 10.1. The number of aryl methyl sites for hydroxylation is 1. The Kier molecular flexibility index (Phi) is 5.20. The lowest BCUT2D eigenvalue weighted by Crippen LogP contribution is -2.16. The van der Waals surface area contributed by atoms with Crippen LogP contribution in [0.3, 0.4) is 0 Å². The number of aromatic nitrogens is 1. The number of allylic oxidation sites excluding steroid dienone is 2. The fraction of sp³-hybridized carbons (Fsp3) is 0.562. The summed E-state index contributed by atoms with van der Waals surface area (Å²) in [6, 6.07) is 0. The molecule has 3 N–H and O–H groups in total. The fourth-order valence-corrected chi connectivity index (χ4v) is 4.62. The van der Waals surface area contributed by atoms with Crippen molar-refractivity contribution in [1.29, 1.82) is 0 Å². The molecular formula is C16H23N3O2S2. The highest BCUT2D eigenvalue weighted by molar-refractivity contribution is 8.01. The maximum absolute atomic E-state index is 12.5. The molecule has 0 spiro atoms. The first-order valence-corrected chi connectivity index (χ1v) is 9.27. The van der Waals surface area contributed by atoms with E-state index in [1.807, 2.05) is 6.92 Å². The summed E-state index contributed by atoms with van der Waals surface area (Å²) in [6.07, 6.45) is 2.17. The van der Waals surface area contributed by atoms with Crippen LogP contribution < -0.4 is 11.1 Å². The third-order valence-electron chi connectivity index (χ3n) is 4.04. The smallest absolute Gasteiger partial charge is 0.230 e. The van der Waals surface area contributed by atoms with Crippen molar-refractivity contribution in [1.82, 2.24) is 4.98 Å². The molecule has 1 aliphatic carbocycles. The average Bonchev–Trinajstić information content (AvgIpc) is 2.75. The van der Waals surface area contributed by atoms with Gasteiger partial charge in [-0.1, -0.05) is 36.8 Å². The predicted octanol–water partition coefficient (Wildman–Crippen LogP) is 3.21. The normalized spacial score (nSPS) is 21.6. The molecule has 1 aromatic heterocycles. The van der Waals surface area contributed by atoms with E-state index in [0.717, 1.165) is 9.90 Å². The Morgan fingerprint density at radius 2 is 2.09 bits per heavy atom. The van der Waals surface area contributed by atoms with Crippen molar-refractivity contribution in [2.75, 3.05) is 11.1 Å². The first kappa shape index (κ1) is 18.0. The van der Waals surface area contributed by atoms with Gasteiger partial charge in [0.25, 0.3) is 0 Å². The fourth-order valence-electron chi connectivity index (χ4n) is 2.74. The molecule has 0 bridgehead atoms. The zero-order valence-corrected chi connectivity index (χ0v) is 15.7. The van der Waals surface area contributed by atoms with Crippen molar-refractivity contribution in [2.24, 2.45) is 23.0 Å². The molecule has 23 heavy (non-hydrogen) atoms. The van der Waals surface area contributed by atoms with Crippen LogP contribution >= 0.6 is 23.1 Å². The van der Waals surface area contributed by atoms with Crippen LogP contribution in [-0.2, 0) is 9.59 Å². The van der Waals surface area contributed by atoms with Crippen molar-refractivity contribution in [3.63, 3.8) is 0 Å². The van der Waals surface area contributed by atoms with E-state index in [-0.39, 0.29) is 34.8 Å². The molecule has 1 saturated carbocycles. The van der Waals surface area contributed by atoms with Gasteiger partial charge >= 0.3 is 0 Å². The van der Waals surface area contributed by atoms with Crippen molar-refractivity contribution in [2.45, 2.75) is 38.8 Å². The summed E-state index contributed by atoms with van der Waals surface area (Å²) in [5, 5.41) is 3.50. The first-order chi connectivity index (χ1) is 10.6. The highest BCUT2D eigenvalue weighted by Crippen LogP contribution is 2.59. The number of hydrogen-bond acceptors (Lipinski definition) is 5. The Bertz CT molecular complexity index is 660. The van der Waals surface area contributed by atoms with Crippen LogP contribution in [0, 0.1) is 24.2 Å². The van der Waals surface area contributed by atoms with Gasteiger partial charge in [-0.3, -0.25) is 9.59 Å². The van der Waals surface area contributed by atoms with Gasteiger partial charge in [0.15, 0.2) is 5.13 Å². The summed E-state index contributed by atoms with van der Waals surface area (Å²) in [5.74, 6) is 0.116. The van der Waals surface area contributed by atoms with Gasteiger partial charge in [-0.25, -0.2) is 4.98 Å². The Morgan fingerprint density at radius 1 is 1.43 bits per heavy atom. The number of thioether (sulfide) groups is 1. The summed E-state index contributed by atoms with van der Waals surface area (Å²) in [4.78, 5) is 27.8. The van der Waals surface area contributed by atoms with Crippen LogP contribution in [-0.4, -0.2) is 22.6 Å². The number of nitrogens with zero attached hydrogens (tertiary/aromatic N) is 1. The maximum atomic E-state index is 12.5. The number of anilines is 1. The SMILES string of the molecule is CC(C)=C[C@H]1[C@H](C(=O)Nc2nc(C)c(SCC(N)=O)s2)C1(C)C. The van der Waals surface area contributed by atoms with Crippen LogP contribution in [0.25, 0.3) is 0 Å². The minimum Gasteiger partial charge on any atom is -0.369 e. The standard InChI is InChI=1S/C16H23N3O2S2/c1-8(2)6-10-12(16(10,4)5)13(21)19-15-18-9(3)14(23-15)22-7-11(17)20/h6,10,12H,7H2,1-5H3,(H2,17,20)(H,18,19,21)/t10-,12+/m0/s1. The number of nitrogens with two attached hydrogens (primary N) is 1. The van der Waals surface area contributed by atoms with Crippen LogP contribution in [0.15, 0.2) is 15.9 Å². The van der Waals surface area contributed by atoms with E-state index in [9.17, 15) is 9.59 Å². The summed E-state index contributed by atoms with van der Waals surface area (Å²) in [7, 11) is 0. The second-order valence-electron chi connectivity index (χ2n) is 6.70. The Balaban J connectivity index is 2.03. The molecule has 1 fully saturated rings. The van der Waals surface area contributed by atoms with Crippen LogP contribution in [0.2, 0.25) is 0 Å². The number of amides is 2. The molecule has 0 aliphatic heterocycles. The first-order valence-electron chi connectivity index (χ1n) is 7.47. The van der Waals surface area contributed by atoms with Crippen molar-refractivity contribution in [3.05, 3.63) is 17.3 Å². The van der Waals surface area contributed by atoms with E-state index >= 15 is 0 Å². The van der Waals surface area contributed by atoms with E-state index in [1.54, 1.807) is 0 Å². The number of carbonyl (C=O) groups excluding carboxylic acids is 2. The molecular weight excluding hydrogens is 330 g/mol. The van der Waals surface area contributed by atoms with Crippen molar-refractivity contribution >= 4 is 40.0 Å². The van der Waals surface area contributed by atoms with Gasteiger partial charge in [-0.05, 0) is 32.1 Å². The third kappa shape index (κ3) is 4.14. The highest BCUT2D eigenvalue weighted by atomic mass is 32.2. The summed E-state index contributed by atoms with van der Waals surface area (Å²) < 4.78 is 0.912. The van der Waals surface area contributed by atoms with Crippen LogP contribution in [0.4, 0.5) is 5.13 Å². The monoisotopic (exact) mass is 353 g/mol. The molecule has 5 nitrogen and oxygen atoms in total. The number of carbonyl (C=O) groups is 2. The van der Waals surface area contributed by atoms with Crippen LogP contribution in [0.5, 0.6) is 0 Å². The average molecular weight is 354 g/mol. The van der Waals surface area contributed by atoms with Crippen molar-refractivity contribution < 1.29 is 9.59 Å². The molecule has 0 unspecified atom stereocenters. The number of primary amides is 1. The molecule has 7 heteroatoms. The largest absolute Gasteiger partial charge is 0.369 e. The zero-order valence-electron chi connectivity index (χ0n) is 14.1. The van der Waals surface area contributed by atoms with Gasteiger partial charge in [0.2, 0.25) is 11.8 Å². The molecule has 0 aromatic carbocycles. The number of thiazole rings is 1. The summed E-state index contributed by atoms with van der Waals surface area (Å²) in [5.41, 5.74) is 7.19. The van der Waals surface area contributed by atoms with Gasteiger partial charge in [0.1, 0.15) is 0 Å². The third-order valence-corrected chi connectivity index (χ3v) is 6.49. The van der Waals surface area contributed by atoms with Crippen molar-refractivity contribution in [3.8, 4) is 0 Å². The lowest BCUT2D eigenvalue weighted by molar-refractivity contribution is -0.118. The number of nitrogens with one attached hydrogen (secondary N) is 1. The van der Waals surface area contributed by atoms with E-state index in [0.29, 0.717) is 5.13 Å². The summed E-state index contributed by atoms with van der Waals surface area (Å²) in [6.45, 7) is 10.2. The lowest BCUT2D eigenvalue weighted by Gasteiger charge is -2.02. The highest BCUT2D eigenvalue weighted by Gasteiger charge is 2.60. The number of rotatable bonds is 6. The van der Waals surface area contributed by atoms with Gasteiger partial charge in [-0.15, -0.1) is 11.8 Å². The topological polar surface area (TPSA) is 85.1 Å².